The second-order valence-corrected chi connectivity index (χ2v) is 11.1. The van der Waals surface area contributed by atoms with Gasteiger partial charge in [0.1, 0.15) is 0 Å². The molecule has 0 aliphatic carbocycles. The summed E-state index contributed by atoms with van der Waals surface area (Å²) in [5.41, 5.74) is 0. The van der Waals surface area contributed by atoms with E-state index in [1.807, 2.05) is 0 Å². The van der Waals surface area contributed by atoms with Gasteiger partial charge in [0.15, 0.2) is 0 Å². The van der Waals surface area contributed by atoms with E-state index in [1.54, 1.807) is 0 Å². The van der Waals surface area contributed by atoms with Crippen molar-refractivity contribution in [1.29, 1.82) is 0 Å². The molecule has 0 bridgehead atoms. The van der Waals surface area contributed by atoms with Gasteiger partial charge in [0.05, 0.1) is 0 Å². The van der Waals surface area contributed by atoms with E-state index in [-0.39, 0.29) is 0 Å². The van der Waals surface area contributed by atoms with Gasteiger partial charge < -0.3 is 9.47 Å². The smallest absolute Gasteiger partial charge is 0.0466 e. The maximum absolute atomic E-state index is 5.83. The predicted molar refractivity (Wildman–Crippen MR) is 158 cm³/mol. The topological polar surface area (TPSA) is 18.5 Å². The van der Waals surface area contributed by atoms with Crippen LogP contribution in [0.25, 0.3) is 0 Å². The molecule has 0 fully saturated rings. The minimum Gasteiger partial charge on any atom is -0.381 e. The van der Waals surface area contributed by atoms with E-state index in [2.05, 4.69) is 13.8 Å². The lowest BCUT2D eigenvalue weighted by molar-refractivity contribution is 0.124. The lowest BCUT2D eigenvalue weighted by Gasteiger charge is -2.06. The average Bonchev–Trinajstić information content (AvgIpc) is 2.87. The van der Waals surface area contributed by atoms with E-state index < -0.39 is 0 Å². The fourth-order valence-corrected chi connectivity index (χ4v) is 4.88. The summed E-state index contributed by atoms with van der Waals surface area (Å²) < 4.78 is 11.7. The maximum atomic E-state index is 5.83. The first-order chi connectivity index (χ1) is 17.4. The Bertz CT molecular complexity index is 312. The molecular weight excluding hydrogens is 428 g/mol. The Morgan fingerprint density at radius 2 is 0.400 bits per heavy atom. The van der Waals surface area contributed by atoms with Gasteiger partial charge in [0.2, 0.25) is 0 Å². The maximum Gasteiger partial charge on any atom is 0.0466 e. The van der Waals surface area contributed by atoms with Gasteiger partial charge >= 0.3 is 0 Å². The molecule has 0 aromatic carbocycles. The zero-order chi connectivity index (χ0) is 25.3. The van der Waals surface area contributed by atoms with Gasteiger partial charge in [-0.3, -0.25) is 0 Å². The molecule has 0 aromatic rings. The van der Waals surface area contributed by atoms with Crippen molar-refractivity contribution in [1.82, 2.24) is 0 Å². The third-order valence-electron chi connectivity index (χ3n) is 7.36. The zero-order valence-corrected chi connectivity index (χ0v) is 24.7. The third-order valence-corrected chi connectivity index (χ3v) is 7.36. The van der Waals surface area contributed by atoms with E-state index in [4.69, 9.17) is 9.47 Å². The number of rotatable bonds is 32. The van der Waals surface area contributed by atoms with Crippen LogP contribution in [0.1, 0.15) is 187 Å². The van der Waals surface area contributed by atoms with Crippen LogP contribution in [0.5, 0.6) is 0 Å². The van der Waals surface area contributed by atoms with Crippen LogP contribution < -0.4 is 0 Å². The summed E-state index contributed by atoms with van der Waals surface area (Å²) in [7, 11) is 0. The van der Waals surface area contributed by atoms with Crippen LogP contribution in [0, 0.1) is 0 Å². The Hall–Kier alpha value is -0.0800. The molecule has 0 atom stereocenters. The number of hydrogen-bond donors (Lipinski definition) is 0. The fraction of sp³-hybridized carbons (Fsp3) is 1.00. The molecule has 2 nitrogen and oxygen atoms in total. The highest BCUT2D eigenvalue weighted by atomic mass is 16.5. The van der Waals surface area contributed by atoms with Crippen LogP contribution in [0.15, 0.2) is 0 Å². The molecule has 212 valence electrons. The molecule has 0 aliphatic rings. The molecule has 0 amide bonds. The van der Waals surface area contributed by atoms with E-state index in [0.717, 1.165) is 26.4 Å². The summed E-state index contributed by atoms with van der Waals surface area (Å²) in [5.74, 6) is 0. The first-order valence-corrected chi connectivity index (χ1v) is 16.6. The predicted octanol–water partition coefficient (Wildman–Crippen LogP) is 11.6. The van der Waals surface area contributed by atoms with Gasteiger partial charge in [-0.25, -0.2) is 0 Å². The van der Waals surface area contributed by atoms with Crippen LogP contribution in [0.4, 0.5) is 0 Å². The third kappa shape index (κ3) is 33.9. The quantitative estimate of drug-likeness (QED) is 0.0862. The first-order valence-electron chi connectivity index (χ1n) is 16.6. The molecule has 0 saturated carbocycles. The molecule has 0 spiro atoms. The molecular formula is C33H68O2. The fourth-order valence-electron chi connectivity index (χ4n) is 4.88. The number of hydrogen-bond acceptors (Lipinski definition) is 2. The lowest BCUT2D eigenvalue weighted by Crippen LogP contribution is -1.98. The Balaban J connectivity index is 3.00. The van der Waals surface area contributed by atoms with Gasteiger partial charge in [0, 0.05) is 26.4 Å². The molecule has 0 aliphatic heterocycles. The summed E-state index contributed by atoms with van der Waals surface area (Å²) >= 11 is 0. The number of ether oxygens (including phenoxy) is 2. The largest absolute Gasteiger partial charge is 0.381 e. The number of unbranched alkanes of at least 4 members (excludes halogenated alkanes) is 24. The van der Waals surface area contributed by atoms with Gasteiger partial charge in [0.25, 0.3) is 0 Å². The molecule has 0 aromatic heterocycles. The molecule has 0 radical (unpaired) electrons. The monoisotopic (exact) mass is 497 g/mol. The standard InChI is InChI=1S/C33H68O2/c1-3-5-7-9-11-13-15-18-22-26-30-34-32-28-24-20-17-21-25-29-33-35-31-27-23-19-16-14-12-10-8-6-4-2/h3-33H2,1-2H3. The van der Waals surface area contributed by atoms with Crippen LogP contribution in [-0.2, 0) is 9.47 Å². The molecule has 0 unspecified atom stereocenters. The molecule has 0 heterocycles. The van der Waals surface area contributed by atoms with Crippen LogP contribution in [0.3, 0.4) is 0 Å². The van der Waals surface area contributed by atoms with Crippen molar-refractivity contribution < 1.29 is 9.47 Å². The second-order valence-electron chi connectivity index (χ2n) is 11.1. The average molecular weight is 497 g/mol. The van der Waals surface area contributed by atoms with Crippen molar-refractivity contribution in [2.45, 2.75) is 187 Å². The minimum absolute atomic E-state index is 0.976. The van der Waals surface area contributed by atoms with Crippen molar-refractivity contribution in [2.24, 2.45) is 0 Å². The minimum atomic E-state index is 0.976. The SMILES string of the molecule is CCCCCCCCCCCCOCCCCCCCCCOCCCCCCCCCCCC. The summed E-state index contributed by atoms with van der Waals surface area (Å²) in [6.07, 6.45) is 37.3. The summed E-state index contributed by atoms with van der Waals surface area (Å²) in [6.45, 7) is 8.50. The highest BCUT2D eigenvalue weighted by Gasteiger charge is 1.96. The van der Waals surface area contributed by atoms with Gasteiger partial charge in [-0.2, -0.15) is 0 Å². The van der Waals surface area contributed by atoms with Crippen LogP contribution >= 0.6 is 0 Å². The second kappa shape index (κ2) is 33.9. The normalized spacial score (nSPS) is 11.5. The molecule has 2 heteroatoms. The molecule has 35 heavy (non-hydrogen) atoms. The van der Waals surface area contributed by atoms with Crippen molar-refractivity contribution in [2.75, 3.05) is 26.4 Å². The summed E-state index contributed by atoms with van der Waals surface area (Å²) in [6, 6.07) is 0. The molecule has 0 saturated heterocycles. The Morgan fingerprint density at radius 1 is 0.229 bits per heavy atom. The van der Waals surface area contributed by atoms with Crippen LogP contribution in [-0.4, -0.2) is 26.4 Å². The highest BCUT2D eigenvalue weighted by Crippen LogP contribution is 2.12. The molecule has 0 N–H and O–H groups in total. The zero-order valence-electron chi connectivity index (χ0n) is 24.7. The summed E-state index contributed by atoms with van der Waals surface area (Å²) in [4.78, 5) is 0. The van der Waals surface area contributed by atoms with E-state index in [0.29, 0.717) is 0 Å². The van der Waals surface area contributed by atoms with Crippen molar-refractivity contribution in [3.8, 4) is 0 Å². The van der Waals surface area contributed by atoms with Gasteiger partial charge in [-0.1, -0.05) is 162 Å². The van der Waals surface area contributed by atoms with E-state index in [1.165, 1.54) is 173 Å². The van der Waals surface area contributed by atoms with Crippen molar-refractivity contribution in [3.63, 3.8) is 0 Å². The van der Waals surface area contributed by atoms with Crippen molar-refractivity contribution in [3.05, 3.63) is 0 Å². The first kappa shape index (κ1) is 34.9. The Morgan fingerprint density at radius 3 is 0.600 bits per heavy atom. The van der Waals surface area contributed by atoms with Gasteiger partial charge in [-0.15, -0.1) is 0 Å². The highest BCUT2D eigenvalue weighted by molar-refractivity contribution is 4.50. The Labute approximate surface area is 223 Å². The van der Waals surface area contributed by atoms with E-state index in [9.17, 15) is 0 Å². The lowest BCUT2D eigenvalue weighted by atomic mass is 10.1. The van der Waals surface area contributed by atoms with Gasteiger partial charge in [-0.05, 0) is 25.7 Å². The van der Waals surface area contributed by atoms with E-state index >= 15 is 0 Å². The molecule has 0 rings (SSSR count). The van der Waals surface area contributed by atoms with Crippen molar-refractivity contribution >= 4 is 0 Å². The van der Waals surface area contributed by atoms with Crippen LogP contribution in [0.2, 0.25) is 0 Å². The summed E-state index contributed by atoms with van der Waals surface area (Å²) in [5, 5.41) is 0. The Kier molecular flexibility index (Phi) is 33.8.